The van der Waals surface area contributed by atoms with E-state index >= 15 is 0 Å². The van der Waals surface area contributed by atoms with Crippen molar-refractivity contribution < 1.29 is 0 Å². The third kappa shape index (κ3) is 3.94. The number of piperazine rings is 1. The molecule has 1 fully saturated rings. The lowest BCUT2D eigenvalue weighted by Gasteiger charge is -2.41. The Morgan fingerprint density at radius 2 is 1.79 bits per heavy atom. The maximum atomic E-state index is 5.73. The number of rotatable bonds is 3. The van der Waals surface area contributed by atoms with Crippen LogP contribution in [0.5, 0.6) is 0 Å². The summed E-state index contributed by atoms with van der Waals surface area (Å²) in [6, 6.07) is 19.5. The fourth-order valence-electron chi connectivity index (χ4n) is 3.14. The van der Waals surface area contributed by atoms with Gasteiger partial charge in [-0.25, -0.2) is 0 Å². The zero-order chi connectivity index (χ0) is 16.9. The van der Waals surface area contributed by atoms with Crippen LogP contribution in [0.2, 0.25) is 0 Å². The maximum absolute atomic E-state index is 5.73. The molecule has 2 aromatic carbocycles. The van der Waals surface area contributed by atoms with Crippen molar-refractivity contribution in [1.82, 2.24) is 9.80 Å². The molecule has 1 heterocycles. The number of hydrogen-bond acceptors (Lipinski definition) is 2. The average molecular weight is 340 g/mol. The van der Waals surface area contributed by atoms with Crippen LogP contribution in [-0.2, 0) is 6.42 Å². The van der Waals surface area contributed by atoms with Crippen molar-refractivity contribution in [3.63, 3.8) is 0 Å². The van der Waals surface area contributed by atoms with Crippen LogP contribution < -0.4 is 5.32 Å². The standard InChI is InChI=1S/C20H25N3S/c1-3-16-9-11-18(12-10-16)21-20(24)23-14-13-22(2)15-19(23)17-7-5-4-6-8-17/h4-12,19H,3,13-15H2,1-2H3,(H,21,24)/t19-/m1/s1. The molecule has 2 aromatic rings. The zero-order valence-corrected chi connectivity index (χ0v) is 15.2. The van der Waals surface area contributed by atoms with E-state index in [1.807, 2.05) is 0 Å². The van der Waals surface area contributed by atoms with E-state index in [-0.39, 0.29) is 0 Å². The Bertz CT molecular complexity index is 669. The Labute approximate surface area is 150 Å². The first-order valence-electron chi connectivity index (χ1n) is 8.57. The molecule has 1 atom stereocenters. The largest absolute Gasteiger partial charge is 0.339 e. The zero-order valence-electron chi connectivity index (χ0n) is 14.4. The van der Waals surface area contributed by atoms with Gasteiger partial charge >= 0.3 is 0 Å². The van der Waals surface area contributed by atoms with Crippen molar-refractivity contribution in [3.8, 4) is 0 Å². The molecule has 126 valence electrons. The molecule has 0 aromatic heterocycles. The summed E-state index contributed by atoms with van der Waals surface area (Å²) in [4.78, 5) is 4.69. The van der Waals surface area contributed by atoms with E-state index in [4.69, 9.17) is 12.2 Å². The molecule has 4 heteroatoms. The van der Waals surface area contributed by atoms with Gasteiger partial charge in [-0.1, -0.05) is 49.4 Å². The van der Waals surface area contributed by atoms with Gasteiger partial charge in [0.1, 0.15) is 0 Å². The molecule has 3 rings (SSSR count). The van der Waals surface area contributed by atoms with Crippen molar-refractivity contribution in [2.45, 2.75) is 19.4 Å². The van der Waals surface area contributed by atoms with Crippen LogP contribution in [0.4, 0.5) is 5.69 Å². The summed E-state index contributed by atoms with van der Waals surface area (Å²) < 4.78 is 0. The molecule has 0 spiro atoms. The predicted molar refractivity (Wildman–Crippen MR) is 105 cm³/mol. The Kier molecular flexibility index (Phi) is 5.48. The smallest absolute Gasteiger partial charge is 0.174 e. The number of nitrogens with one attached hydrogen (secondary N) is 1. The minimum Gasteiger partial charge on any atom is -0.339 e. The second-order valence-electron chi connectivity index (χ2n) is 6.36. The summed E-state index contributed by atoms with van der Waals surface area (Å²) in [7, 11) is 2.17. The Balaban J connectivity index is 1.75. The molecule has 0 amide bonds. The summed E-state index contributed by atoms with van der Waals surface area (Å²) >= 11 is 5.73. The fourth-order valence-corrected chi connectivity index (χ4v) is 3.48. The van der Waals surface area contributed by atoms with Crippen LogP contribution in [0.15, 0.2) is 54.6 Å². The predicted octanol–water partition coefficient (Wildman–Crippen LogP) is 3.93. The van der Waals surface area contributed by atoms with Gasteiger partial charge in [0.05, 0.1) is 6.04 Å². The van der Waals surface area contributed by atoms with Gasteiger partial charge in [0.15, 0.2) is 5.11 Å². The second-order valence-corrected chi connectivity index (χ2v) is 6.75. The minimum absolute atomic E-state index is 0.292. The van der Waals surface area contributed by atoms with Gasteiger partial charge in [0.25, 0.3) is 0 Å². The third-order valence-corrected chi connectivity index (χ3v) is 4.98. The Hall–Kier alpha value is -1.91. The molecule has 0 radical (unpaired) electrons. The van der Waals surface area contributed by atoms with E-state index in [1.165, 1.54) is 11.1 Å². The molecule has 1 N–H and O–H groups in total. The maximum Gasteiger partial charge on any atom is 0.174 e. The number of benzene rings is 2. The number of likely N-dealkylation sites (N-methyl/N-ethyl adjacent to an activating group) is 1. The lowest BCUT2D eigenvalue weighted by Crippen LogP contribution is -2.50. The summed E-state index contributed by atoms with van der Waals surface area (Å²) in [6.45, 7) is 5.12. The van der Waals surface area contributed by atoms with Gasteiger partial charge in [0.2, 0.25) is 0 Å². The van der Waals surface area contributed by atoms with Crippen LogP contribution in [0.3, 0.4) is 0 Å². The van der Waals surface area contributed by atoms with Crippen LogP contribution in [0, 0.1) is 0 Å². The SMILES string of the molecule is CCc1ccc(NC(=S)N2CCN(C)C[C@@H]2c2ccccc2)cc1. The van der Waals surface area contributed by atoms with Crippen molar-refractivity contribution in [1.29, 1.82) is 0 Å². The summed E-state index contributed by atoms with van der Waals surface area (Å²) in [5.41, 5.74) is 3.71. The van der Waals surface area contributed by atoms with E-state index in [0.29, 0.717) is 6.04 Å². The monoisotopic (exact) mass is 339 g/mol. The van der Waals surface area contributed by atoms with Crippen LogP contribution in [0.1, 0.15) is 24.1 Å². The number of anilines is 1. The highest BCUT2D eigenvalue weighted by Gasteiger charge is 2.28. The molecule has 1 saturated heterocycles. The van der Waals surface area contributed by atoms with Gasteiger partial charge in [-0.2, -0.15) is 0 Å². The molecule has 1 aliphatic rings. The summed E-state index contributed by atoms with van der Waals surface area (Å²) in [5.74, 6) is 0. The molecule has 24 heavy (non-hydrogen) atoms. The first-order valence-corrected chi connectivity index (χ1v) is 8.98. The first-order chi connectivity index (χ1) is 11.7. The normalized spacial score (nSPS) is 18.4. The van der Waals surface area contributed by atoms with Crippen LogP contribution in [0.25, 0.3) is 0 Å². The molecule has 1 aliphatic heterocycles. The molecular weight excluding hydrogens is 314 g/mol. The molecule has 0 unspecified atom stereocenters. The quantitative estimate of drug-likeness (QED) is 0.854. The topological polar surface area (TPSA) is 18.5 Å². The molecular formula is C20H25N3S. The number of hydrogen-bond donors (Lipinski definition) is 1. The van der Waals surface area contributed by atoms with Crippen molar-refractivity contribution in [2.75, 3.05) is 32.0 Å². The van der Waals surface area contributed by atoms with Crippen molar-refractivity contribution in [3.05, 3.63) is 65.7 Å². The molecule has 0 saturated carbocycles. The third-order valence-electron chi connectivity index (χ3n) is 4.64. The fraction of sp³-hybridized carbons (Fsp3) is 0.350. The Morgan fingerprint density at radius 3 is 2.46 bits per heavy atom. The highest BCUT2D eigenvalue weighted by Crippen LogP contribution is 2.25. The lowest BCUT2D eigenvalue weighted by molar-refractivity contribution is 0.153. The van der Waals surface area contributed by atoms with E-state index in [1.54, 1.807) is 0 Å². The minimum atomic E-state index is 0.292. The number of aryl methyl sites for hydroxylation is 1. The first kappa shape index (κ1) is 16.9. The molecule has 3 nitrogen and oxygen atoms in total. The average Bonchev–Trinajstić information content (AvgIpc) is 2.63. The molecule has 0 bridgehead atoms. The van der Waals surface area contributed by atoms with Gasteiger partial charge in [0, 0.05) is 25.3 Å². The van der Waals surface area contributed by atoms with Gasteiger partial charge < -0.3 is 15.1 Å². The van der Waals surface area contributed by atoms with E-state index in [9.17, 15) is 0 Å². The van der Waals surface area contributed by atoms with E-state index in [0.717, 1.165) is 36.9 Å². The molecule has 0 aliphatic carbocycles. The number of nitrogens with zero attached hydrogens (tertiary/aromatic N) is 2. The van der Waals surface area contributed by atoms with Gasteiger partial charge in [-0.15, -0.1) is 0 Å². The second kappa shape index (κ2) is 7.77. The van der Waals surface area contributed by atoms with Crippen molar-refractivity contribution in [2.24, 2.45) is 0 Å². The summed E-state index contributed by atoms with van der Waals surface area (Å²) in [5, 5.41) is 4.22. The van der Waals surface area contributed by atoms with E-state index < -0.39 is 0 Å². The van der Waals surface area contributed by atoms with Gasteiger partial charge in [-0.3, -0.25) is 0 Å². The van der Waals surface area contributed by atoms with Crippen LogP contribution in [-0.4, -0.2) is 41.6 Å². The lowest BCUT2D eigenvalue weighted by atomic mass is 10.0. The van der Waals surface area contributed by atoms with Gasteiger partial charge in [-0.05, 0) is 48.9 Å². The summed E-state index contributed by atoms with van der Waals surface area (Å²) in [6.07, 6.45) is 1.05. The van der Waals surface area contributed by atoms with E-state index in [2.05, 4.69) is 83.7 Å². The highest BCUT2D eigenvalue weighted by atomic mass is 32.1. The van der Waals surface area contributed by atoms with Crippen molar-refractivity contribution >= 4 is 23.0 Å². The number of thiocarbonyl (C=S) groups is 1. The Morgan fingerprint density at radius 1 is 1.08 bits per heavy atom. The highest BCUT2D eigenvalue weighted by molar-refractivity contribution is 7.80. The van der Waals surface area contributed by atoms with Crippen LogP contribution >= 0.6 is 12.2 Å².